The van der Waals surface area contributed by atoms with Crippen LogP contribution in [0.1, 0.15) is 15.9 Å². The predicted molar refractivity (Wildman–Crippen MR) is 70.4 cm³/mol. The highest BCUT2D eigenvalue weighted by Crippen LogP contribution is 2.22. The van der Waals surface area contributed by atoms with E-state index in [0.717, 1.165) is 5.69 Å². The summed E-state index contributed by atoms with van der Waals surface area (Å²) in [7, 11) is 1.79. The van der Waals surface area contributed by atoms with Gasteiger partial charge in [-0.1, -0.05) is 0 Å². The van der Waals surface area contributed by atoms with Crippen LogP contribution in [-0.2, 0) is 0 Å². The summed E-state index contributed by atoms with van der Waals surface area (Å²) in [6.07, 6.45) is 1.46. The summed E-state index contributed by atoms with van der Waals surface area (Å²) < 4.78 is 0. The van der Waals surface area contributed by atoms with E-state index in [2.05, 4.69) is 4.98 Å². The Morgan fingerprint density at radius 1 is 1.32 bits per heavy atom. The number of aromatic carboxylic acids is 1. The molecule has 0 fully saturated rings. The molecule has 0 radical (unpaired) electrons. The fourth-order valence-corrected chi connectivity index (χ4v) is 1.63. The molecule has 1 N–H and O–H groups in total. The normalized spacial score (nSPS) is 9.68. The van der Waals surface area contributed by atoms with E-state index >= 15 is 0 Å². The molecule has 0 bridgehead atoms. The lowest BCUT2D eigenvalue weighted by atomic mass is 10.2. The topological polar surface area (TPSA) is 77.2 Å². The first kappa shape index (κ1) is 12.6. The second-order valence-corrected chi connectivity index (χ2v) is 3.93. The lowest BCUT2D eigenvalue weighted by Crippen LogP contribution is -2.12. The Morgan fingerprint density at radius 2 is 2.00 bits per heavy atom. The number of aromatic nitrogens is 1. The Morgan fingerprint density at radius 3 is 2.58 bits per heavy atom. The van der Waals surface area contributed by atoms with E-state index in [1.165, 1.54) is 18.3 Å². The number of rotatable bonds is 3. The van der Waals surface area contributed by atoms with Crippen molar-refractivity contribution in [1.82, 2.24) is 4.98 Å². The van der Waals surface area contributed by atoms with Gasteiger partial charge in [-0.05, 0) is 36.4 Å². The maximum Gasteiger partial charge on any atom is 0.335 e. The largest absolute Gasteiger partial charge is 0.478 e. The molecule has 0 unspecified atom stereocenters. The van der Waals surface area contributed by atoms with Crippen molar-refractivity contribution in [2.75, 3.05) is 11.9 Å². The maximum atomic E-state index is 10.9. The van der Waals surface area contributed by atoms with Crippen LogP contribution in [0, 0.1) is 11.3 Å². The third-order valence-corrected chi connectivity index (χ3v) is 2.72. The van der Waals surface area contributed by atoms with Gasteiger partial charge >= 0.3 is 5.97 Å². The van der Waals surface area contributed by atoms with Gasteiger partial charge in [-0.2, -0.15) is 5.26 Å². The molecule has 5 heteroatoms. The summed E-state index contributed by atoms with van der Waals surface area (Å²) in [5.41, 5.74) is 1.59. The minimum absolute atomic E-state index is 0.186. The minimum atomic E-state index is -0.989. The van der Waals surface area contributed by atoms with Crippen molar-refractivity contribution < 1.29 is 9.90 Å². The van der Waals surface area contributed by atoms with Gasteiger partial charge in [0.15, 0.2) is 0 Å². The Kier molecular flexibility index (Phi) is 3.44. The fraction of sp³-hybridized carbons (Fsp3) is 0.0714. The molecule has 2 rings (SSSR count). The van der Waals surface area contributed by atoms with Gasteiger partial charge in [0.05, 0.1) is 17.2 Å². The van der Waals surface area contributed by atoms with Crippen molar-refractivity contribution in [3.63, 3.8) is 0 Å². The van der Waals surface area contributed by atoms with Gasteiger partial charge in [0.2, 0.25) is 0 Å². The second-order valence-electron chi connectivity index (χ2n) is 3.93. The number of nitrogens with zero attached hydrogens (tertiary/aromatic N) is 3. The first-order chi connectivity index (χ1) is 9.11. The Balaban J connectivity index is 2.32. The lowest BCUT2D eigenvalue weighted by Gasteiger charge is -2.18. The van der Waals surface area contributed by atoms with Crippen LogP contribution in [0.15, 0.2) is 42.6 Å². The molecule has 0 spiro atoms. The second kappa shape index (κ2) is 5.19. The van der Waals surface area contributed by atoms with Crippen LogP contribution in [-0.4, -0.2) is 23.1 Å². The summed E-state index contributed by atoms with van der Waals surface area (Å²) in [6, 6.07) is 12.0. The SMILES string of the molecule is CN(c1ccc(C#N)cc1)c1cc(C(=O)O)ccn1. The van der Waals surface area contributed by atoms with Crippen molar-refractivity contribution in [3.05, 3.63) is 53.7 Å². The molecule has 1 heterocycles. The van der Waals surface area contributed by atoms with E-state index in [0.29, 0.717) is 11.4 Å². The third-order valence-electron chi connectivity index (χ3n) is 2.72. The minimum Gasteiger partial charge on any atom is -0.478 e. The van der Waals surface area contributed by atoms with Gasteiger partial charge in [0.1, 0.15) is 5.82 Å². The van der Waals surface area contributed by atoms with Crippen LogP contribution in [0.5, 0.6) is 0 Å². The van der Waals surface area contributed by atoms with Crippen molar-refractivity contribution in [2.24, 2.45) is 0 Å². The quantitative estimate of drug-likeness (QED) is 0.908. The number of anilines is 2. The zero-order valence-corrected chi connectivity index (χ0v) is 10.2. The van der Waals surface area contributed by atoms with Crippen LogP contribution >= 0.6 is 0 Å². The average Bonchev–Trinajstić information content (AvgIpc) is 2.46. The summed E-state index contributed by atoms with van der Waals surface area (Å²) >= 11 is 0. The molecule has 0 aliphatic carbocycles. The van der Waals surface area contributed by atoms with Crippen molar-refractivity contribution in [2.45, 2.75) is 0 Å². The van der Waals surface area contributed by atoms with Crippen molar-refractivity contribution in [1.29, 1.82) is 5.26 Å². The van der Waals surface area contributed by atoms with E-state index in [-0.39, 0.29) is 5.56 Å². The highest BCUT2D eigenvalue weighted by molar-refractivity contribution is 5.88. The molecule has 0 amide bonds. The molecule has 19 heavy (non-hydrogen) atoms. The number of carboxylic acid groups (broad SMARTS) is 1. The number of benzene rings is 1. The molecule has 0 aliphatic rings. The van der Waals surface area contributed by atoms with Crippen molar-refractivity contribution >= 4 is 17.5 Å². The molecule has 1 aromatic carbocycles. The number of carbonyl (C=O) groups is 1. The van der Waals surface area contributed by atoms with E-state index in [1.54, 1.807) is 36.2 Å². The molecule has 1 aromatic heterocycles. The van der Waals surface area contributed by atoms with Gasteiger partial charge in [-0.3, -0.25) is 0 Å². The fourth-order valence-electron chi connectivity index (χ4n) is 1.63. The van der Waals surface area contributed by atoms with E-state index in [1.807, 2.05) is 6.07 Å². The number of pyridine rings is 1. The van der Waals surface area contributed by atoms with Crippen LogP contribution in [0.3, 0.4) is 0 Å². The van der Waals surface area contributed by atoms with E-state index < -0.39 is 5.97 Å². The molecular weight excluding hydrogens is 242 g/mol. The molecule has 2 aromatic rings. The molecule has 5 nitrogen and oxygen atoms in total. The van der Waals surface area contributed by atoms with Gasteiger partial charge in [0.25, 0.3) is 0 Å². The molecule has 0 aliphatic heterocycles. The number of nitriles is 1. The zero-order chi connectivity index (χ0) is 13.8. The number of hydrogen-bond acceptors (Lipinski definition) is 4. The summed E-state index contributed by atoms with van der Waals surface area (Å²) in [5.74, 6) is -0.457. The summed E-state index contributed by atoms with van der Waals surface area (Å²) in [5, 5.41) is 17.7. The van der Waals surface area contributed by atoms with Gasteiger partial charge in [-0.25, -0.2) is 9.78 Å². The smallest absolute Gasteiger partial charge is 0.335 e. The van der Waals surface area contributed by atoms with Crippen LogP contribution < -0.4 is 4.90 Å². The van der Waals surface area contributed by atoms with Crippen LogP contribution in [0.25, 0.3) is 0 Å². The first-order valence-corrected chi connectivity index (χ1v) is 5.55. The van der Waals surface area contributed by atoms with Crippen LogP contribution in [0.4, 0.5) is 11.5 Å². The van der Waals surface area contributed by atoms with Gasteiger partial charge in [-0.15, -0.1) is 0 Å². The predicted octanol–water partition coefficient (Wildman–Crippen LogP) is 2.42. The number of hydrogen-bond donors (Lipinski definition) is 1. The Hall–Kier alpha value is -2.87. The summed E-state index contributed by atoms with van der Waals surface area (Å²) in [4.78, 5) is 16.8. The molecule has 0 saturated heterocycles. The first-order valence-electron chi connectivity index (χ1n) is 5.55. The van der Waals surface area contributed by atoms with E-state index in [9.17, 15) is 4.79 Å². The molecule has 0 atom stereocenters. The Labute approximate surface area is 110 Å². The monoisotopic (exact) mass is 253 g/mol. The average molecular weight is 253 g/mol. The highest BCUT2D eigenvalue weighted by Gasteiger charge is 2.09. The van der Waals surface area contributed by atoms with Gasteiger partial charge < -0.3 is 10.0 Å². The Bertz CT molecular complexity index is 644. The molecule has 0 saturated carbocycles. The molecular formula is C14H11N3O2. The van der Waals surface area contributed by atoms with Crippen molar-refractivity contribution in [3.8, 4) is 6.07 Å². The maximum absolute atomic E-state index is 10.9. The van der Waals surface area contributed by atoms with E-state index in [4.69, 9.17) is 10.4 Å². The third kappa shape index (κ3) is 2.69. The van der Waals surface area contributed by atoms with Gasteiger partial charge in [0, 0.05) is 18.9 Å². The zero-order valence-electron chi connectivity index (χ0n) is 10.2. The lowest BCUT2D eigenvalue weighted by molar-refractivity contribution is 0.0697. The number of carboxylic acids is 1. The summed E-state index contributed by atoms with van der Waals surface area (Å²) in [6.45, 7) is 0. The standard InChI is InChI=1S/C14H11N3O2/c1-17(12-4-2-10(9-15)3-5-12)13-8-11(14(18)19)6-7-16-13/h2-8H,1H3,(H,18,19). The highest BCUT2D eigenvalue weighted by atomic mass is 16.4. The molecule has 94 valence electrons. The van der Waals surface area contributed by atoms with Crippen LogP contribution in [0.2, 0.25) is 0 Å².